The van der Waals surface area contributed by atoms with Crippen LogP contribution in [-0.4, -0.2) is 48.8 Å². The maximum atomic E-state index is 11.8. The molecule has 0 spiro atoms. The Morgan fingerprint density at radius 2 is 2.09 bits per heavy atom. The Morgan fingerprint density at radius 3 is 2.73 bits per heavy atom. The van der Waals surface area contributed by atoms with Crippen LogP contribution in [-0.2, 0) is 11.3 Å². The molecule has 1 N–H and O–H groups in total. The average Bonchev–Trinajstić information content (AvgIpc) is 2.45. The number of nitrogens with one attached hydrogen (secondary N) is 1. The van der Waals surface area contributed by atoms with Crippen molar-refractivity contribution < 1.29 is 14.3 Å². The van der Waals surface area contributed by atoms with Gasteiger partial charge in [0.25, 0.3) is 0 Å². The number of rotatable bonds is 7. The summed E-state index contributed by atoms with van der Waals surface area (Å²) in [5.41, 5.74) is 0.474. The minimum Gasteiger partial charge on any atom is -0.481 e. The molecule has 124 valence electrons. The molecule has 1 amide bonds. The third-order valence-electron chi connectivity index (χ3n) is 2.85. The van der Waals surface area contributed by atoms with Crippen LogP contribution in [0.25, 0.3) is 0 Å². The van der Waals surface area contributed by atoms with E-state index >= 15 is 0 Å². The fraction of sp³-hybridized carbons (Fsp3) is 0.625. The molecule has 0 aromatic carbocycles. The molecule has 0 bridgehead atoms. The number of methoxy groups -OCH3 is 1. The average molecular weight is 309 g/mol. The zero-order chi connectivity index (χ0) is 16.6. The largest absolute Gasteiger partial charge is 0.481 e. The van der Waals surface area contributed by atoms with Gasteiger partial charge in [-0.05, 0) is 39.8 Å². The van der Waals surface area contributed by atoms with Crippen molar-refractivity contribution in [3.05, 3.63) is 23.9 Å². The molecule has 1 aromatic heterocycles. The predicted octanol–water partition coefficient (Wildman–Crippen LogP) is 2.44. The molecule has 1 rings (SSSR count). The van der Waals surface area contributed by atoms with Crippen LogP contribution < -0.4 is 10.1 Å². The summed E-state index contributed by atoms with van der Waals surface area (Å²) in [5, 5.41) is 3.30. The Hall–Kier alpha value is -1.82. The third-order valence-corrected chi connectivity index (χ3v) is 2.85. The van der Waals surface area contributed by atoms with Gasteiger partial charge in [-0.1, -0.05) is 6.07 Å². The lowest BCUT2D eigenvalue weighted by molar-refractivity contribution is 0.0297. The molecule has 0 saturated carbocycles. The van der Waals surface area contributed by atoms with Gasteiger partial charge in [-0.25, -0.2) is 9.78 Å². The molecule has 1 aromatic rings. The van der Waals surface area contributed by atoms with Crippen molar-refractivity contribution in [2.45, 2.75) is 39.3 Å². The van der Waals surface area contributed by atoms with E-state index in [0.717, 1.165) is 18.7 Å². The highest BCUT2D eigenvalue weighted by atomic mass is 16.6. The lowest BCUT2D eigenvalue weighted by Crippen LogP contribution is -2.35. The van der Waals surface area contributed by atoms with Crippen LogP contribution in [0.15, 0.2) is 18.2 Å². The van der Waals surface area contributed by atoms with E-state index < -0.39 is 5.60 Å². The van der Waals surface area contributed by atoms with Gasteiger partial charge in [0, 0.05) is 26.2 Å². The highest BCUT2D eigenvalue weighted by Crippen LogP contribution is 2.09. The minimum atomic E-state index is -0.457. The Morgan fingerprint density at radius 1 is 1.36 bits per heavy atom. The Labute approximate surface area is 132 Å². The van der Waals surface area contributed by atoms with Crippen molar-refractivity contribution in [3.8, 4) is 5.88 Å². The van der Waals surface area contributed by atoms with Gasteiger partial charge in [0.15, 0.2) is 0 Å². The number of hydrogen-bond acceptors (Lipinski definition) is 5. The Kier molecular flexibility index (Phi) is 7.11. The number of carbonyl (C=O) groups is 1. The number of amides is 1. The van der Waals surface area contributed by atoms with Gasteiger partial charge >= 0.3 is 6.09 Å². The maximum absolute atomic E-state index is 11.8. The van der Waals surface area contributed by atoms with Gasteiger partial charge in [-0.3, -0.25) is 0 Å². The van der Waals surface area contributed by atoms with Crippen molar-refractivity contribution in [2.24, 2.45) is 0 Å². The number of ether oxygens (including phenoxy) is 2. The van der Waals surface area contributed by atoms with Crippen molar-refractivity contribution in [2.75, 3.05) is 27.2 Å². The van der Waals surface area contributed by atoms with Gasteiger partial charge in [0.2, 0.25) is 5.88 Å². The second-order valence-electron chi connectivity index (χ2n) is 6.10. The molecule has 6 heteroatoms. The fourth-order valence-corrected chi connectivity index (χ4v) is 1.76. The molecule has 0 atom stereocenters. The molecule has 1 heterocycles. The van der Waals surface area contributed by atoms with Crippen LogP contribution >= 0.6 is 0 Å². The zero-order valence-corrected chi connectivity index (χ0v) is 14.2. The lowest BCUT2D eigenvalue weighted by Gasteiger charge is -2.24. The van der Waals surface area contributed by atoms with Crippen molar-refractivity contribution >= 4 is 6.09 Å². The van der Waals surface area contributed by atoms with E-state index in [0.29, 0.717) is 19.0 Å². The predicted molar refractivity (Wildman–Crippen MR) is 86.0 cm³/mol. The molecule has 0 aliphatic carbocycles. The van der Waals surface area contributed by atoms with Crippen LogP contribution in [0.4, 0.5) is 4.79 Å². The van der Waals surface area contributed by atoms with E-state index in [9.17, 15) is 4.79 Å². The first-order valence-electron chi connectivity index (χ1n) is 7.46. The summed E-state index contributed by atoms with van der Waals surface area (Å²) in [6.45, 7) is 7.71. The summed E-state index contributed by atoms with van der Waals surface area (Å²) >= 11 is 0. The van der Waals surface area contributed by atoms with Gasteiger partial charge < -0.3 is 19.7 Å². The molecule has 22 heavy (non-hydrogen) atoms. The minimum absolute atomic E-state index is 0.290. The summed E-state index contributed by atoms with van der Waals surface area (Å²) in [6.07, 6.45) is 0.557. The van der Waals surface area contributed by atoms with Crippen LogP contribution in [0.5, 0.6) is 5.88 Å². The zero-order valence-electron chi connectivity index (χ0n) is 14.2. The molecule has 0 aliphatic heterocycles. The van der Waals surface area contributed by atoms with Crippen LogP contribution in [0.1, 0.15) is 32.9 Å². The topological polar surface area (TPSA) is 63.7 Å². The number of carbonyl (C=O) groups excluding carboxylic acids is 1. The molecule has 6 nitrogen and oxygen atoms in total. The van der Waals surface area contributed by atoms with Crippen LogP contribution in [0.2, 0.25) is 0 Å². The number of aromatic nitrogens is 1. The summed E-state index contributed by atoms with van der Waals surface area (Å²) in [6, 6.07) is 5.68. The van der Waals surface area contributed by atoms with E-state index in [2.05, 4.69) is 10.3 Å². The second-order valence-corrected chi connectivity index (χ2v) is 6.10. The van der Waals surface area contributed by atoms with Gasteiger partial charge in [-0.2, -0.15) is 0 Å². The third kappa shape index (κ3) is 7.26. The molecule has 0 aliphatic rings. The van der Waals surface area contributed by atoms with E-state index in [1.165, 1.54) is 0 Å². The lowest BCUT2D eigenvalue weighted by atomic mass is 10.2. The SMILES string of the molecule is COc1cccc(CNCCCN(C)C(=O)OC(C)(C)C)n1. The Bertz CT molecular complexity index is 472. The van der Waals surface area contributed by atoms with Crippen LogP contribution in [0.3, 0.4) is 0 Å². The summed E-state index contributed by atoms with van der Waals surface area (Å²) in [4.78, 5) is 17.7. The summed E-state index contributed by atoms with van der Waals surface area (Å²) in [5.74, 6) is 0.615. The molecule has 0 unspecified atom stereocenters. The highest BCUT2D eigenvalue weighted by Gasteiger charge is 2.18. The van der Waals surface area contributed by atoms with E-state index in [-0.39, 0.29) is 6.09 Å². The highest BCUT2D eigenvalue weighted by molar-refractivity contribution is 5.67. The van der Waals surface area contributed by atoms with Crippen molar-refractivity contribution in [1.82, 2.24) is 15.2 Å². The van der Waals surface area contributed by atoms with Crippen LogP contribution in [0, 0.1) is 0 Å². The first-order chi connectivity index (χ1) is 10.3. The monoisotopic (exact) mass is 309 g/mol. The first-order valence-corrected chi connectivity index (χ1v) is 7.46. The standard InChI is InChI=1S/C16H27N3O3/c1-16(2,3)22-15(20)19(4)11-7-10-17-12-13-8-6-9-14(18-13)21-5/h6,8-9,17H,7,10-12H2,1-5H3. The quantitative estimate of drug-likeness (QED) is 0.784. The molecular formula is C16H27N3O3. The molecule has 0 fully saturated rings. The van der Waals surface area contributed by atoms with E-state index in [4.69, 9.17) is 9.47 Å². The van der Waals surface area contributed by atoms with E-state index in [1.807, 2.05) is 39.0 Å². The molecule has 0 saturated heterocycles. The fourth-order valence-electron chi connectivity index (χ4n) is 1.76. The van der Waals surface area contributed by atoms with Gasteiger partial charge in [0.05, 0.1) is 12.8 Å². The number of hydrogen-bond donors (Lipinski definition) is 1. The van der Waals surface area contributed by atoms with Gasteiger partial charge in [-0.15, -0.1) is 0 Å². The first kappa shape index (κ1) is 18.2. The number of nitrogens with zero attached hydrogens (tertiary/aromatic N) is 2. The molecule has 0 radical (unpaired) electrons. The van der Waals surface area contributed by atoms with Crippen molar-refractivity contribution in [1.29, 1.82) is 0 Å². The number of pyridine rings is 1. The second kappa shape index (κ2) is 8.58. The molecular weight excluding hydrogens is 282 g/mol. The van der Waals surface area contributed by atoms with Crippen molar-refractivity contribution in [3.63, 3.8) is 0 Å². The summed E-state index contributed by atoms with van der Waals surface area (Å²) in [7, 11) is 3.35. The Balaban J connectivity index is 2.20. The maximum Gasteiger partial charge on any atom is 0.410 e. The normalized spacial score (nSPS) is 11.1. The summed E-state index contributed by atoms with van der Waals surface area (Å²) < 4.78 is 10.4. The van der Waals surface area contributed by atoms with Gasteiger partial charge in [0.1, 0.15) is 5.60 Å². The smallest absolute Gasteiger partial charge is 0.410 e. The van der Waals surface area contributed by atoms with E-state index in [1.54, 1.807) is 19.1 Å².